The van der Waals surface area contributed by atoms with Gasteiger partial charge >= 0.3 is 101 Å². The molecule has 86 valence electrons. The molecule has 0 aromatic heterocycles. The first-order valence-electron chi connectivity index (χ1n) is 5.82. The van der Waals surface area contributed by atoms with Gasteiger partial charge in [0.2, 0.25) is 0 Å². The van der Waals surface area contributed by atoms with E-state index in [0.717, 1.165) is 12.8 Å². The summed E-state index contributed by atoms with van der Waals surface area (Å²) in [7, 11) is 6.72. The standard InChI is InChI=1S/C10H15O.2CH3.ClH.Sn/c1-6-4-9(11)8-5-7(6)10(8,2)3;;;;/h7-8H,4-5H2,1-3H3;2*1H3;1H;/q;;;;+1/p-1/t7-,8+;;;;/m1..../s1. The van der Waals surface area contributed by atoms with Gasteiger partial charge in [-0.15, -0.1) is 0 Å². The third kappa shape index (κ3) is 1.45. The number of Topliss-reactive ketones (excluding diaryl/α,β-unsaturated/α-hetero) is 1. The van der Waals surface area contributed by atoms with Gasteiger partial charge in [-0.25, -0.2) is 0 Å². The predicted octanol–water partition coefficient (Wildman–Crippen LogP) is 3.83. The second-order valence-electron chi connectivity index (χ2n) is 6.70. The van der Waals surface area contributed by atoms with E-state index in [4.69, 9.17) is 8.92 Å². The molecule has 3 heteroatoms. The maximum absolute atomic E-state index is 12.1. The Balaban J connectivity index is 2.40. The Morgan fingerprint density at radius 1 is 1.33 bits per heavy atom. The molecule has 0 unspecified atom stereocenters. The molecule has 1 nitrogen and oxygen atoms in total. The molecule has 0 aromatic carbocycles. The Bertz CT molecular complexity index is 318. The monoisotopic (exact) mass is 336 g/mol. The van der Waals surface area contributed by atoms with E-state index in [9.17, 15) is 4.79 Å². The van der Waals surface area contributed by atoms with Crippen LogP contribution >= 0.6 is 8.92 Å². The molecule has 0 spiro atoms. The Kier molecular flexibility index (Phi) is 2.57. The van der Waals surface area contributed by atoms with E-state index in [2.05, 4.69) is 30.7 Å². The number of halogens is 1. The molecule has 3 aliphatic rings. The molecule has 15 heavy (non-hydrogen) atoms. The summed E-state index contributed by atoms with van der Waals surface area (Å²) in [4.78, 5) is 16.6. The van der Waals surface area contributed by atoms with Gasteiger partial charge in [-0.2, -0.15) is 0 Å². The van der Waals surface area contributed by atoms with Gasteiger partial charge in [0, 0.05) is 0 Å². The van der Waals surface area contributed by atoms with Crippen LogP contribution in [0.4, 0.5) is 0 Å². The van der Waals surface area contributed by atoms with Crippen molar-refractivity contribution in [3.05, 3.63) is 0 Å². The number of fused-ring (bicyclic) bond motifs is 2. The SMILES string of the molecule is CC1(C)[C@H]2C[C@@H]1[C@](C)([Sn]([CH3])([CH3])[Cl])CC2=O. The Morgan fingerprint density at radius 2 is 1.87 bits per heavy atom. The number of carbonyl (C=O) groups is 1. The van der Waals surface area contributed by atoms with Crippen LogP contribution < -0.4 is 0 Å². The van der Waals surface area contributed by atoms with Crippen LogP contribution in [0.2, 0.25) is 13.3 Å². The van der Waals surface area contributed by atoms with Crippen molar-refractivity contribution in [1.29, 1.82) is 0 Å². The van der Waals surface area contributed by atoms with E-state index in [1.165, 1.54) is 0 Å². The summed E-state index contributed by atoms with van der Waals surface area (Å²) in [6, 6.07) is 0. The third-order valence-corrected chi connectivity index (χ3v) is 17.5. The summed E-state index contributed by atoms with van der Waals surface area (Å²) in [6.45, 7) is 6.81. The van der Waals surface area contributed by atoms with E-state index in [1.807, 2.05) is 0 Å². The fraction of sp³-hybridized carbons (Fsp3) is 0.917. The third-order valence-electron chi connectivity index (χ3n) is 5.32. The molecule has 0 saturated heterocycles. The zero-order chi connectivity index (χ0) is 11.6. The van der Waals surface area contributed by atoms with Crippen LogP contribution in [0.3, 0.4) is 0 Å². The molecule has 0 heterocycles. The molecule has 0 radical (unpaired) electrons. The molecule has 0 N–H and O–H groups in total. The van der Waals surface area contributed by atoms with Crippen molar-refractivity contribution in [2.75, 3.05) is 0 Å². The minimum absolute atomic E-state index is 0.172. The Labute approximate surface area is 101 Å². The second-order valence-corrected chi connectivity index (χ2v) is 24.7. The van der Waals surface area contributed by atoms with Crippen LogP contribution in [-0.4, -0.2) is 23.0 Å². The minimum atomic E-state index is -2.55. The van der Waals surface area contributed by atoms with Gasteiger partial charge in [-0.1, -0.05) is 0 Å². The van der Waals surface area contributed by atoms with Crippen LogP contribution in [0.1, 0.15) is 33.6 Å². The predicted molar refractivity (Wildman–Crippen MR) is 66.7 cm³/mol. The summed E-state index contributed by atoms with van der Waals surface area (Å²) in [5.74, 6) is 1.51. The van der Waals surface area contributed by atoms with Crippen molar-refractivity contribution in [3.63, 3.8) is 0 Å². The van der Waals surface area contributed by atoms with Crippen molar-refractivity contribution in [1.82, 2.24) is 0 Å². The first kappa shape index (κ1) is 12.2. The molecular weight excluding hydrogens is 314 g/mol. The van der Waals surface area contributed by atoms with Crippen LogP contribution in [0, 0.1) is 17.3 Å². The van der Waals surface area contributed by atoms with Crippen molar-refractivity contribution < 1.29 is 4.79 Å². The van der Waals surface area contributed by atoms with Crippen molar-refractivity contribution in [3.8, 4) is 0 Å². The van der Waals surface area contributed by atoms with Gasteiger partial charge in [-0.3, -0.25) is 0 Å². The zero-order valence-electron chi connectivity index (χ0n) is 10.4. The first-order chi connectivity index (χ1) is 6.61. The van der Waals surface area contributed by atoms with Gasteiger partial charge < -0.3 is 0 Å². The zero-order valence-corrected chi connectivity index (χ0v) is 14.0. The number of carbonyl (C=O) groups excluding carboxylic acids is 1. The molecule has 3 rings (SSSR count). The quantitative estimate of drug-likeness (QED) is 0.666. The van der Waals surface area contributed by atoms with E-state index >= 15 is 0 Å². The number of hydrogen-bond acceptors (Lipinski definition) is 1. The normalized spacial score (nSPS) is 43.7. The topological polar surface area (TPSA) is 17.1 Å². The van der Waals surface area contributed by atoms with Gasteiger partial charge in [0.25, 0.3) is 0 Å². The van der Waals surface area contributed by atoms with Gasteiger partial charge in [0.15, 0.2) is 0 Å². The fourth-order valence-electron chi connectivity index (χ4n) is 3.79. The second kappa shape index (κ2) is 3.15. The summed E-state index contributed by atoms with van der Waals surface area (Å²) >= 11 is -2.55. The molecule has 3 aliphatic carbocycles. The van der Waals surface area contributed by atoms with Gasteiger partial charge in [0.1, 0.15) is 0 Å². The van der Waals surface area contributed by atoms with E-state index in [0.29, 0.717) is 17.6 Å². The number of hydrogen-bond donors (Lipinski definition) is 0. The summed E-state index contributed by atoms with van der Waals surface area (Å²) < 4.78 is 0.172. The molecule has 2 bridgehead atoms. The molecule has 3 fully saturated rings. The van der Waals surface area contributed by atoms with Crippen molar-refractivity contribution >= 4 is 32.0 Å². The van der Waals surface area contributed by atoms with Crippen molar-refractivity contribution in [2.45, 2.75) is 46.9 Å². The van der Waals surface area contributed by atoms with Crippen LogP contribution in [0.5, 0.6) is 0 Å². The summed E-state index contributed by atoms with van der Waals surface area (Å²) in [6.07, 6.45) is 1.87. The number of ketones is 1. The molecular formula is C12H21ClOSn. The van der Waals surface area contributed by atoms with E-state index < -0.39 is 17.3 Å². The molecule has 3 saturated carbocycles. The summed E-state index contributed by atoms with van der Waals surface area (Å²) in [5.41, 5.74) is 0.215. The molecule has 0 aromatic rings. The molecule has 0 amide bonds. The summed E-state index contributed by atoms with van der Waals surface area (Å²) in [5, 5.41) is 0. The van der Waals surface area contributed by atoms with Crippen LogP contribution in [0.25, 0.3) is 0 Å². The number of rotatable bonds is 1. The van der Waals surface area contributed by atoms with Gasteiger partial charge in [-0.05, 0) is 0 Å². The average molecular weight is 335 g/mol. The van der Waals surface area contributed by atoms with Gasteiger partial charge in [0.05, 0.1) is 0 Å². The molecule has 0 aliphatic heterocycles. The van der Waals surface area contributed by atoms with Crippen LogP contribution in [-0.2, 0) is 4.79 Å². The first-order valence-corrected chi connectivity index (χ1v) is 16.6. The maximum atomic E-state index is 12.1. The van der Waals surface area contributed by atoms with Crippen LogP contribution in [0.15, 0.2) is 0 Å². The Hall–Kier alpha value is 0.759. The fourth-order valence-corrected chi connectivity index (χ4v) is 10.6. The molecule has 3 atom stereocenters. The van der Waals surface area contributed by atoms with Crippen molar-refractivity contribution in [2.24, 2.45) is 17.3 Å². The van der Waals surface area contributed by atoms with E-state index in [1.54, 1.807) is 0 Å². The Morgan fingerprint density at radius 3 is 2.20 bits per heavy atom. The average Bonchev–Trinajstić information content (AvgIpc) is 1.99. The van der Waals surface area contributed by atoms with E-state index in [-0.39, 0.29) is 8.85 Å².